The number of hydrogen-bond donors (Lipinski definition) is 2. The molecule has 0 fully saturated rings. The van der Waals surface area contributed by atoms with Gasteiger partial charge in [0.25, 0.3) is 0 Å². The number of nitrogens with one attached hydrogen (secondary N) is 1. The van der Waals surface area contributed by atoms with E-state index in [-0.39, 0.29) is 6.04 Å². The maximum absolute atomic E-state index is 10.4. The molecule has 2 atom stereocenters. The first-order valence-electron chi connectivity index (χ1n) is 7.56. The fraction of sp³-hybridized carbons (Fsp3) is 0.353. The molecule has 0 radical (unpaired) electrons. The largest absolute Gasteiger partial charge is 0.386 e. The fourth-order valence-corrected chi connectivity index (χ4v) is 3.69. The molecule has 4 nitrogen and oxygen atoms in total. The molecule has 3 aromatic rings. The van der Waals surface area contributed by atoms with E-state index in [0.717, 1.165) is 16.9 Å². The van der Waals surface area contributed by atoms with Crippen molar-refractivity contribution in [1.82, 2.24) is 15.1 Å². The standard InChI is InChI=1S/C17H21N3OS/c1-3-14(13-9-19-20(2)11-13)18-10-15(21)17-8-12-6-4-5-7-16(12)22-17/h4-9,11,14-15,18,21H,3,10H2,1-2H3. The predicted octanol–water partition coefficient (Wildman–Crippen LogP) is 3.41. The van der Waals surface area contributed by atoms with Crippen LogP contribution in [-0.4, -0.2) is 21.4 Å². The van der Waals surface area contributed by atoms with Crippen molar-refractivity contribution in [1.29, 1.82) is 0 Å². The summed E-state index contributed by atoms with van der Waals surface area (Å²) in [5.41, 5.74) is 1.16. The summed E-state index contributed by atoms with van der Waals surface area (Å²) < 4.78 is 3.03. The summed E-state index contributed by atoms with van der Waals surface area (Å²) in [7, 11) is 1.92. The minimum absolute atomic E-state index is 0.220. The van der Waals surface area contributed by atoms with Crippen LogP contribution in [-0.2, 0) is 7.05 Å². The molecule has 0 aliphatic carbocycles. The highest BCUT2D eigenvalue weighted by molar-refractivity contribution is 7.19. The Hall–Kier alpha value is -1.69. The third kappa shape index (κ3) is 3.21. The zero-order valence-corrected chi connectivity index (χ0v) is 13.7. The van der Waals surface area contributed by atoms with E-state index in [9.17, 15) is 5.11 Å². The van der Waals surface area contributed by atoms with Crippen molar-refractivity contribution in [2.24, 2.45) is 7.05 Å². The van der Waals surface area contributed by atoms with Crippen LogP contribution in [0.3, 0.4) is 0 Å². The number of aliphatic hydroxyl groups is 1. The minimum atomic E-state index is -0.483. The van der Waals surface area contributed by atoms with Gasteiger partial charge in [0.05, 0.1) is 6.20 Å². The molecular weight excluding hydrogens is 294 g/mol. The van der Waals surface area contributed by atoms with Crippen molar-refractivity contribution in [2.45, 2.75) is 25.5 Å². The number of hydrogen-bond acceptors (Lipinski definition) is 4. The van der Waals surface area contributed by atoms with Gasteiger partial charge < -0.3 is 10.4 Å². The van der Waals surface area contributed by atoms with Crippen molar-refractivity contribution in [3.8, 4) is 0 Å². The van der Waals surface area contributed by atoms with Crippen LogP contribution in [0.5, 0.6) is 0 Å². The highest BCUT2D eigenvalue weighted by Gasteiger charge is 2.15. The Labute approximate surface area is 134 Å². The van der Waals surface area contributed by atoms with Crippen LogP contribution in [0.1, 0.15) is 35.9 Å². The molecule has 0 bridgehead atoms. The highest BCUT2D eigenvalue weighted by atomic mass is 32.1. The van der Waals surface area contributed by atoms with E-state index in [0.29, 0.717) is 6.54 Å². The number of aryl methyl sites for hydroxylation is 1. The topological polar surface area (TPSA) is 50.1 Å². The van der Waals surface area contributed by atoms with Crippen LogP contribution in [0.25, 0.3) is 10.1 Å². The minimum Gasteiger partial charge on any atom is -0.386 e. The molecule has 0 saturated heterocycles. The molecular formula is C17H21N3OS. The molecule has 2 aromatic heterocycles. The summed E-state index contributed by atoms with van der Waals surface area (Å²) in [5, 5.41) is 19.3. The van der Waals surface area contributed by atoms with E-state index in [1.807, 2.05) is 36.3 Å². The first kappa shape index (κ1) is 15.2. The summed E-state index contributed by atoms with van der Waals surface area (Å²) in [5.74, 6) is 0. The van der Waals surface area contributed by atoms with Gasteiger partial charge in [-0.05, 0) is 23.9 Å². The second-order valence-corrected chi connectivity index (χ2v) is 6.63. The Balaban J connectivity index is 1.67. The smallest absolute Gasteiger partial charge is 0.101 e. The van der Waals surface area contributed by atoms with Gasteiger partial charge >= 0.3 is 0 Å². The van der Waals surface area contributed by atoms with Gasteiger partial charge in [-0.1, -0.05) is 25.1 Å². The van der Waals surface area contributed by atoms with Crippen LogP contribution < -0.4 is 5.32 Å². The number of rotatable bonds is 6. The van der Waals surface area contributed by atoms with Gasteiger partial charge in [0.15, 0.2) is 0 Å². The Morgan fingerprint density at radius 3 is 2.86 bits per heavy atom. The SMILES string of the molecule is CCC(NCC(O)c1cc2ccccc2s1)c1cnn(C)c1. The first-order chi connectivity index (χ1) is 10.7. The quantitative estimate of drug-likeness (QED) is 0.733. The average Bonchev–Trinajstić information content (AvgIpc) is 3.14. The number of thiophene rings is 1. The molecule has 5 heteroatoms. The van der Waals surface area contributed by atoms with Gasteiger partial charge in [-0.3, -0.25) is 4.68 Å². The molecule has 2 unspecified atom stereocenters. The molecule has 0 spiro atoms. The second kappa shape index (κ2) is 6.60. The number of benzene rings is 1. The Morgan fingerprint density at radius 2 is 2.18 bits per heavy atom. The number of aliphatic hydroxyl groups excluding tert-OH is 1. The summed E-state index contributed by atoms with van der Waals surface area (Å²) in [6.45, 7) is 2.68. The zero-order valence-electron chi connectivity index (χ0n) is 12.9. The molecule has 3 rings (SSSR count). The third-order valence-electron chi connectivity index (χ3n) is 3.87. The molecule has 116 valence electrons. The molecule has 1 aromatic carbocycles. The van der Waals surface area contributed by atoms with Crippen molar-refractivity contribution >= 4 is 21.4 Å². The van der Waals surface area contributed by atoms with Crippen molar-refractivity contribution in [2.75, 3.05) is 6.54 Å². The summed E-state index contributed by atoms with van der Waals surface area (Å²) in [4.78, 5) is 1.01. The van der Waals surface area contributed by atoms with Crippen LogP contribution in [0.4, 0.5) is 0 Å². The van der Waals surface area contributed by atoms with E-state index in [1.54, 1.807) is 11.3 Å². The Bertz CT molecular complexity index is 716. The molecule has 2 N–H and O–H groups in total. The van der Waals surface area contributed by atoms with E-state index in [2.05, 4.69) is 35.5 Å². The molecule has 22 heavy (non-hydrogen) atoms. The van der Waals surface area contributed by atoms with Gasteiger partial charge in [0.1, 0.15) is 6.10 Å². The van der Waals surface area contributed by atoms with Crippen LogP contribution in [0, 0.1) is 0 Å². The lowest BCUT2D eigenvalue weighted by atomic mass is 10.1. The maximum Gasteiger partial charge on any atom is 0.101 e. The van der Waals surface area contributed by atoms with E-state index in [1.165, 1.54) is 10.1 Å². The highest BCUT2D eigenvalue weighted by Crippen LogP contribution is 2.30. The van der Waals surface area contributed by atoms with E-state index in [4.69, 9.17) is 0 Å². The lowest BCUT2D eigenvalue weighted by Crippen LogP contribution is -2.25. The van der Waals surface area contributed by atoms with Crippen molar-refractivity contribution in [3.05, 3.63) is 53.2 Å². The van der Waals surface area contributed by atoms with Crippen molar-refractivity contribution < 1.29 is 5.11 Å². The molecule has 0 amide bonds. The van der Waals surface area contributed by atoms with E-state index >= 15 is 0 Å². The van der Waals surface area contributed by atoms with E-state index < -0.39 is 6.10 Å². The second-order valence-electron chi connectivity index (χ2n) is 5.52. The number of fused-ring (bicyclic) bond motifs is 1. The summed E-state index contributed by atoms with van der Waals surface area (Å²) in [6.07, 6.45) is 4.38. The van der Waals surface area contributed by atoms with Gasteiger partial charge in [-0.25, -0.2) is 0 Å². The molecule has 0 aliphatic rings. The normalized spacial score (nSPS) is 14.3. The number of nitrogens with zero attached hydrogens (tertiary/aromatic N) is 2. The van der Waals surface area contributed by atoms with Crippen molar-refractivity contribution in [3.63, 3.8) is 0 Å². The fourth-order valence-electron chi connectivity index (χ4n) is 2.64. The Kier molecular flexibility index (Phi) is 4.57. The van der Waals surface area contributed by atoms with Gasteiger partial charge in [0, 0.05) is 41.0 Å². The molecule has 0 saturated carbocycles. The monoisotopic (exact) mass is 315 g/mol. The molecule has 0 aliphatic heterocycles. The van der Waals surface area contributed by atoms with Crippen LogP contribution >= 0.6 is 11.3 Å². The average molecular weight is 315 g/mol. The maximum atomic E-state index is 10.4. The summed E-state index contributed by atoms with van der Waals surface area (Å²) >= 11 is 1.66. The van der Waals surface area contributed by atoms with Crippen LogP contribution in [0.2, 0.25) is 0 Å². The van der Waals surface area contributed by atoms with Gasteiger partial charge in [-0.2, -0.15) is 5.10 Å². The molecule has 2 heterocycles. The lowest BCUT2D eigenvalue weighted by Gasteiger charge is -2.17. The lowest BCUT2D eigenvalue weighted by molar-refractivity contribution is 0.173. The third-order valence-corrected chi connectivity index (χ3v) is 5.08. The predicted molar refractivity (Wildman–Crippen MR) is 91.0 cm³/mol. The summed E-state index contributed by atoms with van der Waals surface area (Å²) in [6, 6.07) is 10.5. The van der Waals surface area contributed by atoms with Gasteiger partial charge in [0.2, 0.25) is 0 Å². The number of aromatic nitrogens is 2. The Morgan fingerprint density at radius 1 is 1.36 bits per heavy atom. The zero-order chi connectivity index (χ0) is 15.5. The van der Waals surface area contributed by atoms with Crippen LogP contribution in [0.15, 0.2) is 42.7 Å². The first-order valence-corrected chi connectivity index (χ1v) is 8.37. The van der Waals surface area contributed by atoms with Gasteiger partial charge in [-0.15, -0.1) is 11.3 Å².